The maximum atomic E-state index is 12.2. The predicted octanol–water partition coefficient (Wildman–Crippen LogP) is 3.49. The molecule has 136 valence electrons. The molecule has 26 heavy (non-hydrogen) atoms. The molecule has 1 fully saturated rings. The second-order valence-electron chi connectivity index (χ2n) is 6.51. The Balaban J connectivity index is 1.56. The lowest BCUT2D eigenvalue weighted by Gasteiger charge is -2.21. The highest BCUT2D eigenvalue weighted by Crippen LogP contribution is 2.47. The van der Waals surface area contributed by atoms with Gasteiger partial charge in [-0.3, -0.25) is 4.79 Å². The van der Waals surface area contributed by atoms with Gasteiger partial charge in [-0.2, -0.15) is 5.10 Å². The molecule has 2 atom stereocenters. The van der Waals surface area contributed by atoms with Gasteiger partial charge in [-0.05, 0) is 43.9 Å². The van der Waals surface area contributed by atoms with E-state index in [0.29, 0.717) is 5.56 Å². The van der Waals surface area contributed by atoms with Gasteiger partial charge in [-0.25, -0.2) is 5.43 Å². The molecule has 5 nitrogen and oxygen atoms in total. The minimum absolute atomic E-state index is 0.0202. The molecule has 1 saturated carbocycles. The first-order valence-corrected chi connectivity index (χ1v) is 9.09. The topological polar surface area (TPSA) is 64.9 Å². The van der Waals surface area contributed by atoms with Gasteiger partial charge < -0.3 is 10.0 Å². The van der Waals surface area contributed by atoms with Crippen LogP contribution in [-0.4, -0.2) is 30.3 Å². The summed E-state index contributed by atoms with van der Waals surface area (Å²) < 4.78 is 0. The predicted molar refractivity (Wildman–Crippen MR) is 105 cm³/mol. The van der Waals surface area contributed by atoms with Gasteiger partial charge in [-0.1, -0.05) is 30.3 Å². The number of aromatic hydroxyl groups is 1. The van der Waals surface area contributed by atoms with Crippen LogP contribution >= 0.6 is 0 Å². The Morgan fingerprint density at radius 1 is 1.23 bits per heavy atom. The van der Waals surface area contributed by atoms with Gasteiger partial charge in [-0.15, -0.1) is 0 Å². The third kappa shape index (κ3) is 4.04. The molecule has 2 aromatic carbocycles. The average molecular weight is 351 g/mol. The third-order valence-corrected chi connectivity index (χ3v) is 4.88. The van der Waals surface area contributed by atoms with Crippen molar-refractivity contribution in [3.63, 3.8) is 0 Å². The van der Waals surface area contributed by atoms with Crippen LogP contribution in [0.3, 0.4) is 0 Å². The number of nitrogens with zero attached hydrogens (tertiary/aromatic N) is 2. The minimum atomic E-state index is -0.0747. The summed E-state index contributed by atoms with van der Waals surface area (Å²) in [6.45, 7) is 5.91. The first-order valence-electron chi connectivity index (χ1n) is 9.09. The fraction of sp³-hybridized carbons (Fsp3) is 0.333. The number of hydrazone groups is 1. The van der Waals surface area contributed by atoms with Gasteiger partial charge in [0.25, 0.3) is 0 Å². The lowest BCUT2D eigenvalue weighted by atomic mass is 10.1. The molecule has 1 aliphatic rings. The van der Waals surface area contributed by atoms with E-state index in [1.807, 2.05) is 30.3 Å². The summed E-state index contributed by atoms with van der Waals surface area (Å²) >= 11 is 0. The van der Waals surface area contributed by atoms with Crippen LogP contribution in [0.5, 0.6) is 5.75 Å². The summed E-state index contributed by atoms with van der Waals surface area (Å²) in [4.78, 5) is 14.3. The maximum absolute atomic E-state index is 12.2. The molecule has 3 rings (SSSR count). The molecule has 0 radical (unpaired) electrons. The van der Waals surface area contributed by atoms with Gasteiger partial charge in [0.15, 0.2) is 0 Å². The smallest absolute Gasteiger partial charge is 0.243 e. The zero-order chi connectivity index (χ0) is 18.5. The molecule has 0 spiro atoms. The third-order valence-electron chi connectivity index (χ3n) is 4.88. The van der Waals surface area contributed by atoms with E-state index in [1.54, 1.807) is 6.07 Å². The molecule has 2 aromatic rings. The number of hydrogen-bond acceptors (Lipinski definition) is 4. The van der Waals surface area contributed by atoms with Crippen LogP contribution in [0.1, 0.15) is 37.3 Å². The van der Waals surface area contributed by atoms with Gasteiger partial charge in [0, 0.05) is 36.3 Å². The van der Waals surface area contributed by atoms with Crippen molar-refractivity contribution in [3.8, 4) is 5.75 Å². The first kappa shape index (κ1) is 18.0. The normalized spacial score (nSPS) is 18.7. The van der Waals surface area contributed by atoms with Crippen LogP contribution in [-0.2, 0) is 4.79 Å². The second-order valence-corrected chi connectivity index (χ2v) is 6.51. The average Bonchev–Trinajstić information content (AvgIpc) is 3.46. The molecule has 0 saturated heterocycles. The number of carbonyl (C=O) groups excluding carboxylic acids is 1. The van der Waals surface area contributed by atoms with E-state index >= 15 is 0 Å². The van der Waals surface area contributed by atoms with E-state index in [0.717, 1.165) is 25.2 Å². The van der Waals surface area contributed by atoms with Crippen molar-refractivity contribution in [2.24, 2.45) is 11.0 Å². The standard InChI is InChI=1S/C21H25N3O2/c1-3-24(4-2)17-11-10-16(20(25)12-17)14-22-23-21(26)19-13-18(19)15-8-6-5-7-9-15/h5-12,14,18-19,25H,3-4,13H2,1-2H3,(H,23,26)/b22-14+/t18-,19-/m1/s1. The summed E-state index contributed by atoms with van der Waals surface area (Å²) in [5, 5.41) is 14.2. The Morgan fingerprint density at radius 3 is 2.62 bits per heavy atom. The number of benzene rings is 2. The van der Waals surface area contributed by atoms with Crippen LogP contribution in [0.4, 0.5) is 5.69 Å². The van der Waals surface area contributed by atoms with Crippen molar-refractivity contribution in [2.75, 3.05) is 18.0 Å². The van der Waals surface area contributed by atoms with E-state index in [9.17, 15) is 9.90 Å². The monoisotopic (exact) mass is 351 g/mol. The summed E-state index contributed by atoms with van der Waals surface area (Å²) in [6.07, 6.45) is 2.34. The molecule has 0 heterocycles. The number of amides is 1. The SMILES string of the molecule is CCN(CC)c1ccc(/C=N/NC(=O)[C@@H]2C[C@@H]2c2ccccc2)c(O)c1. The van der Waals surface area contributed by atoms with Crippen molar-refractivity contribution in [2.45, 2.75) is 26.2 Å². The number of carbonyl (C=O) groups is 1. The number of phenols is 1. The van der Waals surface area contributed by atoms with E-state index in [4.69, 9.17) is 0 Å². The summed E-state index contributed by atoms with van der Waals surface area (Å²) in [5.74, 6) is 0.344. The lowest BCUT2D eigenvalue weighted by molar-refractivity contribution is -0.122. The Kier molecular flexibility index (Phi) is 5.56. The molecule has 0 unspecified atom stereocenters. The van der Waals surface area contributed by atoms with E-state index < -0.39 is 0 Å². The number of anilines is 1. The second kappa shape index (κ2) is 8.04. The first-order chi connectivity index (χ1) is 12.6. The summed E-state index contributed by atoms with van der Waals surface area (Å²) in [5.41, 5.74) is 5.33. The molecular weight excluding hydrogens is 326 g/mol. The molecule has 1 amide bonds. The Bertz CT molecular complexity index is 785. The van der Waals surface area contributed by atoms with E-state index in [-0.39, 0.29) is 23.5 Å². The van der Waals surface area contributed by atoms with Gasteiger partial charge in [0.1, 0.15) is 5.75 Å². The van der Waals surface area contributed by atoms with Gasteiger partial charge in [0.2, 0.25) is 5.91 Å². The molecule has 0 bridgehead atoms. The fourth-order valence-corrected chi connectivity index (χ4v) is 3.23. The van der Waals surface area contributed by atoms with Crippen LogP contribution in [0.25, 0.3) is 0 Å². The molecular formula is C21H25N3O2. The van der Waals surface area contributed by atoms with Crippen LogP contribution in [0.2, 0.25) is 0 Å². The molecule has 1 aliphatic carbocycles. The summed E-state index contributed by atoms with van der Waals surface area (Å²) in [7, 11) is 0. The van der Waals surface area contributed by atoms with E-state index in [1.165, 1.54) is 11.8 Å². The van der Waals surface area contributed by atoms with Gasteiger partial charge in [0.05, 0.1) is 6.21 Å². The van der Waals surface area contributed by atoms with Crippen molar-refractivity contribution >= 4 is 17.8 Å². The highest BCUT2D eigenvalue weighted by Gasteiger charge is 2.43. The maximum Gasteiger partial charge on any atom is 0.243 e. The van der Waals surface area contributed by atoms with Crippen LogP contribution in [0, 0.1) is 5.92 Å². The Hall–Kier alpha value is -2.82. The highest BCUT2D eigenvalue weighted by molar-refractivity contribution is 5.87. The Morgan fingerprint density at radius 2 is 1.96 bits per heavy atom. The van der Waals surface area contributed by atoms with E-state index in [2.05, 4.69) is 41.4 Å². The number of rotatable bonds is 7. The quantitative estimate of drug-likeness (QED) is 0.593. The van der Waals surface area contributed by atoms with Crippen molar-refractivity contribution in [3.05, 3.63) is 59.7 Å². The number of phenolic OH excluding ortho intramolecular Hbond substituents is 1. The minimum Gasteiger partial charge on any atom is -0.507 e. The largest absolute Gasteiger partial charge is 0.507 e. The van der Waals surface area contributed by atoms with Crippen molar-refractivity contribution < 1.29 is 9.90 Å². The van der Waals surface area contributed by atoms with Crippen molar-refractivity contribution in [1.29, 1.82) is 0 Å². The highest BCUT2D eigenvalue weighted by atomic mass is 16.3. The zero-order valence-corrected chi connectivity index (χ0v) is 15.2. The zero-order valence-electron chi connectivity index (χ0n) is 15.2. The van der Waals surface area contributed by atoms with Crippen molar-refractivity contribution in [1.82, 2.24) is 5.43 Å². The van der Waals surface area contributed by atoms with Crippen LogP contribution < -0.4 is 10.3 Å². The number of hydrogen-bond donors (Lipinski definition) is 2. The van der Waals surface area contributed by atoms with Gasteiger partial charge >= 0.3 is 0 Å². The molecule has 5 heteroatoms. The summed E-state index contributed by atoms with van der Waals surface area (Å²) in [6, 6.07) is 15.5. The molecule has 0 aliphatic heterocycles. The molecule has 0 aromatic heterocycles. The Labute approximate surface area is 154 Å². The fourth-order valence-electron chi connectivity index (χ4n) is 3.23. The molecule has 2 N–H and O–H groups in total. The number of nitrogens with one attached hydrogen (secondary N) is 1. The van der Waals surface area contributed by atoms with Crippen LogP contribution in [0.15, 0.2) is 53.6 Å². The lowest BCUT2D eigenvalue weighted by Crippen LogP contribution is -2.21.